The summed E-state index contributed by atoms with van der Waals surface area (Å²) < 4.78 is 34.3. The maximum Gasteiger partial charge on any atom is 0.454 e. The van der Waals surface area contributed by atoms with E-state index < -0.39 is 16.6 Å². The van der Waals surface area contributed by atoms with Gasteiger partial charge in [-0.25, -0.2) is 9.48 Å². The van der Waals surface area contributed by atoms with Crippen molar-refractivity contribution in [1.82, 2.24) is 9.78 Å². The van der Waals surface area contributed by atoms with Crippen LogP contribution in [0.4, 0.5) is 4.79 Å². The van der Waals surface area contributed by atoms with Gasteiger partial charge >= 0.3 is 16.6 Å². The molecule has 86 valence electrons. The van der Waals surface area contributed by atoms with Crippen molar-refractivity contribution < 1.29 is 22.7 Å². The third-order valence-corrected chi connectivity index (χ3v) is 2.16. The first-order chi connectivity index (χ1) is 7.66. The molecule has 0 bridgehead atoms. The van der Waals surface area contributed by atoms with E-state index in [0.29, 0.717) is 19.0 Å². The molecule has 0 fully saturated rings. The lowest BCUT2D eigenvalue weighted by Gasteiger charge is -2.14. The van der Waals surface area contributed by atoms with Gasteiger partial charge in [0.25, 0.3) is 5.88 Å². The quantitative estimate of drug-likeness (QED) is 0.702. The fourth-order valence-corrected chi connectivity index (χ4v) is 1.45. The minimum Gasteiger partial charge on any atom is -0.475 e. The van der Waals surface area contributed by atoms with Crippen LogP contribution in [0.5, 0.6) is 11.6 Å². The molecule has 0 radical (unpaired) electrons. The first kappa shape index (κ1) is 10.6. The standard InChI is InChI=1S/C7H7N3O5S/c11-7(9-16(12)13)15-5-4-8-10-2-1-3-14-6(5)10/h4H,1-3H2. The van der Waals surface area contributed by atoms with Crippen molar-refractivity contribution in [2.75, 3.05) is 6.61 Å². The molecule has 0 aromatic carbocycles. The molecule has 0 aliphatic carbocycles. The summed E-state index contributed by atoms with van der Waals surface area (Å²) in [6.07, 6.45) is 0.872. The third-order valence-electron chi connectivity index (χ3n) is 1.86. The summed E-state index contributed by atoms with van der Waals surface area (Å²) in [7, 11) is -2.83. The highest BCUT2D eigenvalue weighted by molar-refractivity contribution is 7.62. The lowest BCUT2D eigenvalue weighted by atomic mass is 10.4. The summed E-state index contributed by atoms with van der Waals surface area (Å²) in [5.74, 6) is 0.380. The molecule has 8 nitrogen and oxygen atoms in total. The molecule has 2 heterocycles. The SMILES string of the molecule is O=C(N=S(=O)=O)Oc1cnn2c1OCCC2. The van der Waals surface area contributed by atoms with Crippen LogP contribution in [0.1, 0.15) is 6.42 Å². The van der Waals surface area contributed by atoms with Gasteiger partial charge in [0.15, 0.2) is 0 Å². The molecular formula is C7H7N3O5S. The molecule has 1 aromatic heterocycles. The summed E-state index contributed by atoms with van der Waals surface area (Å²) in [5, 5.41) is 3.91. The van der Waals surface area contributed by atoms with E-state index in [4.69, 9.17) is 4.74 Å². The molecule has 0 unspecified atom stereocenters. The van der Waals surface area contributed by atoms with E-state index >= 15 is 0 Å². The van der Waals surface area contributed by atoms with Crippen molar-refractivity contribution in [3.8, 4) is 11.6 Å². The van der Waals surface area contributed by atoms with Gasteiger partial charge in [-0.05, 0) is 0 Å². The van der Waals surface area contributed by atoms with Crippen LogP contribution in [0.2, 0.25) is 0 Å². The molecule has 1 aliphatic heterocycles. The molecule has 1 aromatic rings. The third kappa shape index (κ3) is 2.19. The molecule has 0 atom stereocenters. The van der Waals surface area contributed by atoms with Crippen LogP contribution < -0.4 is 9.47 Å². The van der Waals surface area contributed by atoms with Crippen molar-refractivity contribution >= 4 is 16.6 Å². The van der Waals surface area contributed by atoms with E-state index in [9.17, 15) is 13.2 Å². The van der Waals surface area contributed by atoms with E-state index in [1.807, 2.05) is 0 Å². The number of amides is 1. The zero-order chi connectivity index (χ0) is 11.5. The number of nitrogens with zero attached hydrogens (tertiary/aromatic N) is 3. The second-order valence-corrected chi connectivity index (χ2v) is 3.53. The van der Waals surface area contributed by atoms with E-state index in [-0.39, 0.29) is 5.75 Å². The Balaban J connectivity index is 2.19. The van der Waals surface area contributed by atoms with Gasteiger partial charge in [0.05, 0.1) is 12.8 Å². The number of aromatic nitrogens is 2. The Kier molecular flexibility index (Phi) is 2.86. The number of ether oxygens (including phenoxy) is 2. The zero-order valence-corrected chi connectivity index (χ0v) is 8.81. The van der Waals surface area contributed by atoms with E-state index in [2.05, 4.69) is 14.2 Å². The molecule has 0 saturated heterocycles. The molecule has 0 saturated carbocycles. The first-order valence-electron chi connectivity index (χ1n) is 4.38. The number of hydrogen-bond acceptors (Lipinski definition) is 6. The minimum atomic E-state index is -2.83. The van der Waals surface area contributed by atoms with E-state index in [0.717, 1.165) is 6.42 Å². The van der Waals surface area contributed by atoms with Crippen LogP contribution in [0.3, 0.4) is 0 Å². The Morgan fingerprint density at radius 2 is 2.44 bits per heavy atom. The first-order valence-corrected chi connectivity index (χ1v) is 5.41. The molecular weight excluding hydrogens is 238 g/mol. The van der Waals surface area contributed by atoms with Gasteiger partial charge in [-0.1, -0.05) is 4.36 Å². The van der Waals surface area contributed by atoms with Crippen molar-refractivity contribution in [2.45, 2.75) is 13.0 Å². The highest BCUT2D eigenvalue weighted by Crippen LogP contribution is 2.29. The van der Waals surface area contributed by atoms with Crippen LogP contribution >= 0.6 is 0 Å². The molecule has 1 amide bonds. The van der Waals surface area contributed by atoms with Crippen LogP contribution in [0, 0.1) is 0 Å². The summed E-state index contributed by atoms with van der Waals surface area (Å²) in [4.78, 5) is 10.9. The fraction of sp³-hybridized carbons (Fsp3) is 0.429. The highest BCUT2D eigenvalue weighted by Gasteiger charge is 2.19. The van der Waals surface area contributed by atoms with Gasteiger partial charge in [-0.15, -0.1) is 0 Å². The van der Waals surface area contributed by atoms with Gasteiger partial charge < -0.3 is 9.47 Å². The number of rotatable bonds is 1. The number of fused-ring (bicyclic) bond motifs is 1. The summed E-state index contributed by atoms with van der Waals surface area (Å²) in [6.45, 7) is 1.17. The van der Waals surface area contributed by atoms with Crippen molar-refractivity contribution in [3.05, 3.63) is 6.20 Å². The van der Waals surface area contributed by atoms with Gasteiger partial charge in [-0.3, -0.25) is 0 Å². The Labute approximate surface area is 91.5 Å². The lowest BCUT2D eigenvalue weighted by molar-refractivity contribution is 0.198. The van der Waals surface area contributed by atoms with Crippen LogP contribution in [-0.2, 0) is 17.0 Å². The number of aryl methyl sites for hydroxylation is 1. The predicted octanol–water partition coefficient (Wildman–Crippen LogP) is 0.227. The van der Waals surface area contributed by atoms with Crippen molar-refractivity contribution in [3.63, 3.8) is 0 Å². The summed E-state index contributed by atoms with van der Waals surface area (Å²) in [5.41, 5.74) is 0. The molecule has 2 rings (SSSR count). The molecule has 16 heavy (non-hydrogen) atoms. The Hall–Kier alpha value is -1.90. The van der Waals surface area contributed by atoms with E-state index in [1.54, 1.807) is 0 Å². The van der Waals surface area contributed by atoms with Crippen molar-refractivity contribution in [2.24, 2.45) is 4.36 Å². The average molecular weight is 245 g/mol. The normalized spacial score (nSPS) is 13.5. The van der Waals surface area contributed by atoms with E-state index in [1.165, 1.54) is 10.9 Å². The minimum absolute atomic E-state index is 0.0684. The van der Waals surface area contributed by atoms with Gasteiger partial charge in [0, 0.05) is 13.0 Å². The van der Waals surface area contributed by atoms with Gasteiger partial charge in [-0.2, -0.15) is 13.5 Å². The number of carbonyl (C=O) groups is 1. The zero-order valence-electron chi connectivity index (χ0n) is 7.99. The Morgan fingerprint density at radius 1 is 1.62 bits per heavy atom. The van der Waals surface area contributed by atoms with Crippen molar-refractivity contribution in [1.29, 1.82) is 0 Å². The summed E-state index contributed by atoms with van der Waals surface area (Å²) >= 11 is 0. The monoisotopic (exact) mass is 245 g/mol. The van der Waals surface area contributed by atoms with Crippen LogP contribution in [0.15, 0.2) is 10.6 Å². The maximum atomic E-state index is 10.9. The fourth-order valence-electron chi connectivity index (χ4n) is 1.29. The smallest absolute Gasteiger partial charge is 0.454 e. The second-order valence-electron chi connectivity index (χ2n) is 2.92. The van der Waals surface area contributed by atoms with Gasteiger partial charge in [0.1, 0.15) is 0 Å². The molecule has 0 spiro atoms. The summed E-state index contributed by atoms with van der Waals surface area (Å²) in [6, 6.07) is 0. The Bertz CT molecular complexity index is 538. The average Bonchev–Trinajstić information content (AvgIpc) is 2.61. The number of hydrogen-bond donors (Lipinski definition) is 0. The topological polar surface area (TPSA) is 99.9 Å². The predicted molar refractivity (Wildman–Crippen MR) is 49.7 cm³/mol. The lowest BCUT2D eigenvalue weighted by Crippen LogP contribution is -2.15. The van der Waals surface area contributed by atoms with Crippen LogP contribution in [-0.4, -0.2) is 30.9 Å². The maximum absolute atomic E-state index is 10.9. The second kappa shape index (κ2) is 4.31. The van der Waals surface area contributed by atoms with Gasteiger partial charge in [0.2, 0.25) is 5.75 Å². The largest absolute Gasteiger partial charge is 0.475 e. The highest BCUT2D eigenvalue weighted by atomic mass is 32.2. The Morgan fingerprint density at radius 3 is 3.19 bits per heavy atom. The molecule has 9 heteroatoms. The number of carbonyl (C=O) groups excluding carboxylic acids is 1. The van der Waals surface area contributed by atoms with Crippen LogP contribution in [0.25, 0.3) is 0 Å². The molecule has 0 N–H and O–H groups in total. The molecule has 1 aliphatic rings.